The fraction of sp³-hybridized carbons (Fsp3) is 0.400. The second-order valence-corrected chi connectivity index (χ2v) is 3.73. The molecule has 66 valence electrons. The van der Waals surface area contributed by atoms with Crippen molar-refractivity contribution in [3.05, 3.63) is 35.9 Å². The zero-order valence-corrected chi connectivity index (χ0v) is 8.13. The third kappa shape index (κ3) is 3.79. The molecule has 0 bridgehead atoms. The highest BCUT2D eigenvalue weighted by Crippen LogP contribution is 2.02. The number of thiol groups is 1. The summed E-state index contributed by atoms with van der Waals surface area (Å²) in [5.74, 6) is 0. The summed E-state index contributed by atoms with van der Waals surface area (Å²) >= 11 is 4.22. The van der Waals surface area contributed by atoms with Crippen LogP contribution in [0.5, 0.6) is 0 Å². The summed E-state index contributed by atoms with van der Waals surface area (Å²) in [4.78, 5) is 0. The van der Waals surface area contributed by atoms with E-state index in [-0.39, 0.29) is 0 Å². The predicted octanol–water partition coefficient (Wildman–Crippen LogP) is 2.52. The van der Waals surface area contributed by atoms with Crippen molar-refractivity contribution in [2.75, 3.05) is 6.61 Å². The maximum Gasteiger partial charge on any atom is 0.0717 e. The summed E-state index contributed by atoms with van der Waals surface area (Å²) < 4.78 is 5.40. The molecule has 0 unspecified atom stereocenters. The molecule has 2 heteroatoms. The number of benzene rings is 1. The van der Waals surface area contributed by atoms with Gasteiger partial charge in [-0.15, -0.1) is 0 Å². The van der Waals surface area contributed by atoms with Crippen LogP contribution in [0.25, 0.3) is 0 Å². The van der Waals surface area contributed by atoms with Gasteiger partial charge in [0.1, 0.15) is 0 Å². The second kappa shape index (κ2) is 5.22. The van der Waals surface area contributed by atoms with Gasteiger partial charge in [-0.25, -0.2) is 0 Å². The summed E-state index contributed by atoms with van der Waals surface area (Å²) in [6, 6.07) is 10.2. The Morgan fingerprint density at radius 3 is 2.58 bits per heavy atom. The molecule has 0 aromatic heterocycles. The van der Waals surface area contributed by atoms with Gasteiger partial charge in [0.15, 0.2) is 0 Å². The molecule has 0 N–H and O–H groups in total. The fourth-order valence-corrected chi connectivity index (χ4v) is 1.03. The van der Waals surface area contributed by atoms with Crippen molar-refractivity contribution in [2.45, 2.75) is 18.8 Å². The Morgan fingerprint density at radius 1 is 1.33 bits per heavy atom. The predicted molar refractivity (Wildman–Crippen MR) is 54.5 cm³/mol. The lowest BCUT2D eigenvalue weighted by atomic mass is 10.2. The van der Waals surface area contributed by atoms with Gasteiger partial charge in [-0.3, -0.25) is 0 Å². The quantitative estimate of drug-likeness (QED) is 0.704. The smallest absolute Gasteiger partial charge is 0.0717 e. The first-order chi connectivity index (χ1) is 5.79. The normalized spacial score (nSPS) is 12.8. The van der Waals surface area contributed by atoms with Gasteiger partial charge in [0.25, 0.3) is 0 Å². The van der Waals surface area contributed by atoms with E-state index in [1.165, 1.54) is 5.56 Å². The molecule has 0 saturated heterocycles. The third-order valence-electron chi connectivity index (χ3n) is 1.47. The van der Waals surface area contributed by atoms with Crippen LogP contribution < -0.4 is 0 Å². The molecule has 1 rings (SSSR count). The van der Waals surface area contributed by atoms with Crippen LogP contribution in [-0.4, -0.2) is 11.9 Å². The summed E-state index contributed by atoms with van der Waals surface area (Å²) in [6.45, 7) is 3.41. The highest BCUT2D eigenvalue weighted by molar-refractivity contribution is 7.80. The van der Waals surface area contributed by atoms with E-state index in [0.29, 0.717) is 18.5 Å². The Labute approximate surface area is 79.2 Å². The van der Waals surface area contributed by atoms with E-state index in [1.54, 1.807) is 0 Å². The summed E-state index contributed by atoms with van der Waals surface area (Å²) in [6.07, 6.45) is 0. The molecule has 0 spiro atoms. The van der Waals surface area contributed by atoms with Crippen molar-refractivity contribution in [3.63, 3.8) is 0 Å². The van der Waals surface area contributed by atoms with Crippen LogP contribution in [0.2, 0.25) is 0 Å². The minimum Gasteiger partial charge on any atom is -0.376 e. The summed E-state index contributed by atoms with van der Waals surface area (Å²) in [7, 11) is 0. The molecule has 1 aromatic carbocycles. The molecule has 0 amide bonds. The molecular formula is C10H14OS. The minimum absolute atomic E-state index is 0.314. The molecule has 0 aliphatic heterocycles. The third-order valence-corrected chi connectivity index (χ3v) is 1.62. The van der Waals surface area contributed by atoms with E-state index < -0.39 is 0 Å². The molecule has 0 fully saturated rings. The largest absolute Gasteiger partial charge is 0.376 e. The first kappa shape index (κ1) is 9.62. The molecule has 1 nitrogen and oxygen atoms in total. The van der Waals surface area contributed by atoms with Crippen LogP contribution in [0, 0.1) is 0 Å². The molecule has 0 aliphatic carbocycles. The van der Waals surface area contributed by atoms with Gasteiger partial charge in [-0.05, 0) is 5.56 Å². The SMILES string of the molecule is C[C@H](S)COCc1ccccc1. The van der Waals surface area contributed by atoms with Crippen molar-refractivity contribution in [1.29, 1.82) is 0 Å². The van der Waals surface area contributed by atoms with Gasteiger partial charge in [0.2, 0.25) is 0 Å². The van der Waals surface area contributed by atoms with Crippen LogP contribution in [-0.2, 0) is 11.3 Å². The molecule has 0 saturated carbocycles. The van der Waals surface area contributed by atoms with Gasteiger partial charge in [0, 0.05) is 5.25 Å². The minimum atomic E-state index is 0.314. The fourth-order valence-electron chi connectivity index (χ4n) is 0.922. The second-order valence-electron chi connectivity index (χ2n) is 2.85. The number of hydrogen-bond donors (Lipinski definition) is 1. The topological polar surface area (TPSA) is 9.23 Å². The van der Waals surface area contributed by atoms with Crippen molar-refractivity contribution >= 4 is 12.6 Å². The maximum absolute atomic E-state index is 5.40. The maximum atomic E-state index is 5.40. The van der Waals surface area contributed by atoms with Crippen molar-refractivity contribution < 1.29 is 4.74 Å². The van der Waals surface area contributed by atoms with Gasteiger partial charge in [-0.2, -0.15) is 12.6 Å². The highest BCUT2D eigenvalue weighted by Gasteiger charge is 1.94. The number of rotatable bonds is 4. The van der Waals surface area contributed by atoms with E-state index in [1.807, 2.05) is 25.1 Å². The molecule has 0 aliphatic rings. The van der Waals surface area contributed by atoms with E-state index in [9.17, 15) is 0 Å². The van der Waals surface area contributed by atoms with E-state index in [2.05, 4.69) is 24.8 Å². The molecule has 0 radical (unpaired) electrons. The van der Waals surface area contributed by atoms with E-state index in [0.717, 1.165) is 0 Å². The zero-order valence-electron chi connectivity index (χ0n) is 7.23. The Hall–Kier alpha value is -0.470. The Morgan fingerprint density at radius 2 is 2.00 bits per heavy atom. The van der Waals surface area contributed by atoms with Crippen LogP contribution in [0.4, 0.5) is 0 Å². The highest BCUT2D eigenvalue weighted by atomic mass is 32.1. The molecular weight excluding hydrogens is 168 g/mol. The van der Waals surface area contributed by atoms with Crippen molar-refractivity contribution in [3.8, 4) is 0 Å². The molecule has 0 heterocycles. The zero-order chi connectivity index (χ0) is 8.81. The monoisotopic (exact) mass is 182 g/mol. The standard InChI is InChI=1S/C10H14OS/c1-9(12)7-11-8-10-5-3-2-4-6-10/h2-6,9,12H,7-8H2,1H3/t9-/m0/s1. The van der Waals surface area contributed by atoms with Crippen LogP contribution in [0.3, 0.4) is 0 Å². The van der Waals surface area contributed by atoms with Gasteiger partial charge in [0.05, 0.1) is 13.2 Å². The van der Waals surface area contributed by atoms with E-state index >= 15 is 0 Å². The summed E-state index contributed by atoms with van der Waals surface area (Å²) in [5, 5.41) is 0.314. The molecule has 1 aromatic rings. The Bertz CT molecular complexity index is 208. The average Bonchev–Trinajstić information content (AvgIpc) is 2.05. The van der Waals surface area contributed by atoms with Crippen molar-refractivity contribution in [1.82, 2.24) is 0 Å². The summed E-state index contributed by atoms with van der Waals surface area (Å²) in [5.41, 5.74) is 1.21. The van der Waals surface area contributed by atoms with Gasteiger partial charge < -0.3 is 4.74 Å². The van der Waals surface area contributed by atoms with Gasteiger partial charge in [-0.1, -0.05) is 37.3 Å². The number of hydrogen-bond acceptors (Lipinski definition) is 2. The Balaban J connectivity index is 2.25. The number of ether oxygens (including phenoxy) is 1. The van der Waals surface area contributed by atoms with Crippen LogP contribution in [0.1, 0.15) is 12.5 Å². The molecule has 12 heavy (non-hydrogen) atoms. The van der Waals surface area contributed by atoms with E-state index in [4.69, 9.17) is 4.74 Å². The lowest BCUT2D eigenvalue weighted by molar-refractivity contribution is 0.125. The van der Waals surface area contributed by atoms with Gasteiger partial charge >= 0.3 is 0 Å². The van der Waals surface area contributed by atoms with Crippen LogP contribution in [0.15, 0.2) is 30.3 Å². The molecule has 1 atom stereocenters. The first-order valence-electron chi connectivity index (χ1n) is 4.09. The lowest BCUT2D eigenvalue weighted by Gasteiger charge is -2.05. The average molecular weight is 182 g/mol. The first-order valence-corrected chi connectivity index (χ1v) is 4.60. The van der Waals surface area contributed by atoms with Crippen molar-refractivity contribution in [2.24, 2.45) is 0 Å². The van der Waals surface area contributed by atoms with Crippen LogP contribution >= 0.6 is 12.6 Å². The lowest BCUT2D eigenvalue weighted by Crippen LogP contribution is -2.04. The Kier molecular flexibility index (Phi) is 4.19.